The molecule has 3 aliphatic heterocycles. The van der Waals surface area contributed by atoms with Crippen LogP contribution in [0.25, 0.3) is 0 Å². The normalized spacial score (nSPS) is 30.7. The number of aromatic amines is 1. The molecule has 2 N–H and O–H groups in total. The largest absolute Gasteiger partial charge is 0.369 e. The van der Waals surface area contributed by atoms with Gasteiger partial charge < -0.3 is 15.0 Å². The van der Waals surface area contributed by atoms with Gasteiger partial charge in [-0.25, -0.2) is 0 Å². The first-order valence-corrected chi connectivity index (χ1v) is 11.0. The summed E-state index contributed by atoms with van der Waals surface area (Å²) >= 11 is 0. The van der Waals surface area contributed by atoms with Gasteiger partial charge in [-0.15, -0.1) is 0 Å². The molecule has 0 aromatic carbocycles. The Balaban J connectivity index is 1.46. The SMILES string of the molecule is CCCC(C)(C)C(=O)NC[C@H]1[C@H]2CN(C(=O)c3c(C)n[nH]c3C)C[C@]23CC[C@H]1O3. The van der Waals surface area contributed by atoms with E-state index in [-0.39, 0.29) is 40.8 Å². The first-order valence-electron chi connectivity index (χ1n) is 11.0. The molecule has 4 atom stereocenters. The molecule has 2 bridgehead atoms. The molecule has 1 aromatic heterocycles. The minimum absolute atomic E-state index is 0.0384. The lowest BCUT2D eigenvalue weighted by Gasteiger charge is -2.30. The van der Waals surface area contributed by atoms with Gasteiger partial charge in [0.2, 0.25) is 5.91 Å². The van der Waals surface area contributed by atoms with Crippen molar-refractivity contribution in [2.45, 2.75) is 72.0 Å². The summed E-state index contributed by atoms with van der Waals surface area (Å²) < 4.78 is 6.45. The number of hydrogen-bond acceptors (Lipinski definition) is 4. The molecule has 4 heterocycles. The fraction of sp³-hybridized carbons (Fsp3) is 0.773. The third-order valence-corrected chi connectivity index (χ3v) is 7.40. The Kier molecular flexibility index (Phi) is 5.00. The zero-order chi connectivity index (χ0) is 21.0. The van der Waals surface area contributed by atoms with E-state index in [4.69, 9.17) is 4.74 Å². The molecule has 0 saturated carbocycles. The number of hydrogen-bond donors (Lipinski definition) is 2. The third-order valence-electron chi connectivity index (χ3n) is 7.40. The first-order chi connectivity index (χ1) is 13.7. The Morgan fingerprint density at radius 2 is 2.14 bits per heavy atom. The molecule has 4 rings (SSSR count). The second-order valence-corrected chi connectivity index (χ2v) is 9.87. The van der Waals surface area contributed by atoms with Crippen molar-refractivity contribution in [2.75, 3.05) is 19.6 Å². The maximum absolute atomic E-state index is 13.2. The number of carbonyl (C=O) groups excluding carboxylic acids is 2. The number of aryl methyl sites for hydroxylation is 2. The van der Waals surface area contributed by atoms with Crippen LogP contribution in [0.15, 0.2) is 0 Å². The standard InChI is InChI=1S/C22H34N4O3/c1-6-8-21(4,5)20(28)23-10-15-16-11-26(12-22(16)9-7-17(15)29-22)19(27)18-13(2)24-25-14(18)3/h15-17H,6-12H2,1-5H3,(H,23,28)(H,24,25)/t15-,16+,17+,22+/m0/s1. The van der Waals surface area contributed by atoms with Gasteiger partial charge in [-0.2, -0.15) is 5.10 Å². The molecule has 3 saturated heterocycles. The maximum Gasteiger partial charge on any atom is 0.257 e. The highest BCUT2D eigenvalue weighted by Gasteiger charge is 2.63. The summed E-state index contributed by atoms with van der Waals surface area (Å²) in [5.41, 5.74) is 1.66. The molecule has 0 aliphatic carbocycles. The van der Waals surface area contributed by atoms with Crippen molar-refractivity contribution in [3.05, 3.63) is 17.0 Å². The Labute approximate surface area is 172 Å². The molecule has 29 heavy (non-hydrogen) atoms. The lowest BCUT2D eigenvalue weighted by Crippen LogP contribution is -2.45. The van der Waals surface area contributed by atoms with E-state index >= 15 is 0 Å². The number of H-pyrrole nitrogens is 1. The number of amides is 2. The molecule has 1 aromatic rings. The molecule has 3 aliphatic rings. The number of nitrogens with zero attached hydrogens (tertiary/aromatic N) is 2. The number of nitrogens with one attached hydrogen (secondary N) is 2. The summed E-state index contributed by atoms with van der Waals surface area (Å²) in [4.78, 5) is 27.8. The van der Waals surface area contributed by atoms with Crippen LogP contribution in [0.1, 0.15) is 68.2 Å². The molecule has 0 radical (unpaired) electrons. The summed E-state index contributed by atoms with van der Waals surface area (Å²) in [6.07, 6.45) is 4.08. The van der Waals surface area contributed by atoms with Crippen LogP contribution < -0.4 is 5.32 Å². The second-order valence-electron chi connectivity index (χ2n) is 9.87. The Morgan fingerprint density at radius 1 is 1.38 bits per heavy atom. The fourth-order valence-electron chi connectivity index (χ4n) is 5.83. The van der Waals surface area contributed by atoms with Crippen molar-refractivity contribution in [3.63, 3.8) is 0 Å². The van der Waals surface area contributed by atoms with E-state index in [1.165, 1.54) is 0 Å². The second kappa shape index (κ2) is 7.11. The van der Waals surface area contributed by atoms with E-state index in [1.54, 1.807) is 0 Å². The molecule has 7 nitrogen and oxygen atoms in total. The van der Waals surface area contributed by atoms with E-state index in [9.17, 15) is 9.59 Å². The first kappa shape index (κ1) is 20.4. The van der Waals surface area contributed by atoms with E-state index < -0.39 is 0 Å². The van der Waals surface area contributed by atoms with Crippen LogP contribution in [-0.4, -0.2) is 58.3 Å². The number of aromatic nitrogens is 2. The number of rotatable bonds is 6. The Bertz CT molecular complexity index is 797. The van der Waals surface area contributed by atoms with Crippen LogP contribution in [-0.2, 0) is 9.53 Å². The highest BCUT2D eigenvalue weighted by Crippen LogP contribution is 2.54. The van der Waals surface area contributed by atoms with Crippen molar-refractivity contribution < 1.29 is 14.3 Å². The summed E-state index contributed by atoms with van der Waals surface area (Å²) in [5, 5.41) is 10.3. The van der Waals surface area contributed by atoms with Gasteiger partial charge in [0.25, 0.3) is 5.91 Å². The monoisotopic (exact) mass is 402 g/mol. The molecule has 7 heteroatoms. The van der Waals surface area contributed by atoms with Gasteiger partial charge >= 0.3 is 0 Å². The van der Waals surface area contributed by atoms with Crippen molar-refractivity contribution in [1.82, 2.24) is 20.4 Å². The van der Waals surface area contributed by atoms with Gasteiger partial charge in [0.05, 0.1) is 29.5 Å². The molecule has 1 spiro atoms. The van der Waals surface area contributed by atoms with Gasteiger partial charge in [-0.3, -0.25) is 14.7 Å². The molecular formula is C22H34N4O3. The third kappa shape index (κ3) is 3.27. The lowest BCUT2D eigenvalue weighted by atomic mass is 9.73. The van der Waals surface area contributed by atoms with E-state index in [2.05, 4.69) is 22.4 Å². The summed E-state index contributed by atoms with van der Waals surface area (Å²) in [6.45, 7) is 11.9. The minimum Gasteiger partial charge on any atom is -0.369 e. The Morgan fingerprint density at radius 3 is 2.79 bits per heavy atom. The molecule has 2 amide bonds. The fourth-order valence-corrected chi connectivity index (χ4v) is 5.83. The number of likely N-dealkylation sites (tertiary alicyclic amines) is 1. The van der Waals surface area contributed by atoms with E-state index in [1.807, 2.05) is 32.6 Å². The molecule has 160 valence electrons. The van der Waals surface area contributed by atoms with Crippen LogP contribution in [0.2, 0.25) is 0 Å². The maximum atomic E-state index is 13.2. The van der Waals surface area contributed by atoms with E-state index in [0.29, 0.717) is 25.2 Å². The van der Waals surface area contributed by atoms with E-state index in [0.717, 1.165) is 37.1 Å². The highest BCUT2D eigenvalue weighted by molar-refractivity contribution is 5.96. The van der Waals surface area contributed by atoms with Gasteiger partial charge in [0, 0.05) is 36.0 Å². The van der Waals surface area contributed by atoms with Crippen LogP contribution in [0.3, 0.4) is 0 Å². The Hall–Kier alpha value is -1.89. The molecule has 3 fully saturated rings. The van der Waals surface area contributed by atoms with Crippen molar-refractivity contribution in [3.8, 4) is 0 Å². The predicted octanol–water partition coefficient (Wildman–Crippen LogP) is 2.59. The average molecular weight is 403 g/mol. The molecular weight excluding hydrogens is 368 g/mol. The van der Waals surface area contributed by atoms with Crippen LogP contribution in [0, 0.1) is 31.1 Å². The quantitative estimate of drug-likeness (QED) is 0.766. The smallest absolute Gasteiger partial charge is 0.257 e. The zero-order valence-electron chi connectivity index (χ0n) is 18.3. The topological polar surface area (TPSA) is 87.3 Å². The average Bonchev–Trinajstić information content (AvgIpc) is 3.39. The van der Waals surface area contributed by atoms with Crippen LogP contribution >= 0.6 is 0 Å². The highest BCUT2D eigenvalue weighted by atomic mass is 16.5. The van der Waals surface area contributed by atoms with Gasteiger partial charge in [-0.05, 0) is 33.1 Å². The summed E-state index contributed by atoms with van der Waals surface area (Å²) in [6, 6.07) is 0. The van der Waals surface area contributed by atoms with Gasteiger partial charge in [-0.1, -0.05) is 27.2 Å². The zero-order valence-corrected chi connectivity index (χ0v) is 18.3. The lowest BCUT2D eigenvalue weighted by molar-refractivity contribution is -0.130. The summed E-state index contributed by atoms with van der Waals surface area (Å²) in [5.74, 6) is 0.713. The van der Waals surface area contributed by atoms with Gasteiger partial charge in [0.1, 0.15) is 0 Å². The van der Waals surface area contributed by atoms with Gasteiger partial charge in [0.15, 0.2) is 0 Å². The number of fused-ring (bicyclic) bond motifs is 1. The summed E-state index contributed by atoms with van der Waals surface area (Å²) in [7, 11) is 0. The van der Waals surface area contributed by atoms with Crippen molar-refractivity contribution >= 4 is 11.8 Å². The van der Waals surface area contributed by atoms with Crippen LogP contribution in [0.5, 0.6) is 0 Å². The number of ether oxygens (including phenoxy) is 1. The van der Waals surface area contributed by atoms with Crippen molar-refractivity contribution in [2.24, 2.45) is 17.3 Å². The van der Waals surface area contributed by atoms with Crippen LogP contribution in [0.4, 0.5) is 0 Å². The van der Waals surface area contributed by atoms with Crippen molar-refractivity contribution in [1.29, 1.82) is 0 Å². The molecule has 0 unspecified atom stereocenters. The predicted molar refractivity (Wildman–Crippen MR) is 109 cm³/mol. The number of carbonyl (C=O) groups is 2. The minimum atomic E-state index is -0.348.